The van der Waals surface area contributed by atoms with E-state index < -0.39 is 12.1 Å². The summed E-state index contributed by atoms with van der Waals surface area (Å²) in [6.07, 6.45) is 3.73. The highest BCUT2D eigenvalue weighted by Gasteiger charge is 2.26. The first kappa shape index (κ1) is 38.8. The summed E-state index contributed by atoms with van der Waals surface area (Å²) in [5, 5.41) is 12.1. The van der Waals surface area contributed by atoms with E-state index in [9.17, 15) is 14.4 Å². The lowest BCUT2D eigenvalue weighted by Crippen LogP contribution is -2.53. The summed E-state index contributed by atoms with van der Waals surface area (Å²) in [5.41, 5.74) is 4.62. The minimum atomic E-state index is -0.837. The van der Waals surface area contributed by atoms with Crippen LogP contribution in [0.3, 0.4) is 0 Å². The van der Waals surface area contributed by atoms with Gasteiger partial charge in [-0.25, -0.2) is 19.4 Å². The fraction of sp³-hybridized carbons (Fsp3) is 0.417. The van der Waals surface area contributed by atoms with Crippen molar-refractivity contribution in [3.05, 3.63) is 104 Å². The fourth-order valence-electron chi connectivity index (χ4n) is 5.31. The average Bonchev–Trinajstić information content (AvgIpc) is 3.82. The van der Waals surface area contributed by atoms with Crippen LogP contribution in [0, 0.1) is 0 Å². The van der Waals surface area contributed by atoms with Crippen molar-refractivity contribution < 1.29 is 19.1 Å². The molecule has 3 atom stereocenters. The average molecular weight is 740 g/mol. The zero-order valence-electron chi connectivity index (χ0n) is 28.6. The maximum absolute atomic E-state index is 13.8. The predicted octanol–water partition coefficient (Wildman–Crippen LogP) is 6.41. The minimum absolute atomic E-state index is 0.142. The highest BCUT2D eigenvalue weighted by molar-refractivity contribution is 7.09. The van der Waals surface area contributed by atoms with Crippen molar-refractivity contribution in [1.82, 2.24) is 35.7 Å². The third-order valence-electron chi connectivity index (χ3n) is 7.96. The number of amides is 4. The van der Waals surface area contributed by atoms with Crippen molar-refractivity contribution in [3.8, 4) is 0 Å². The molecule has 0 saturated carbocycles. The van der Waals surface area contributed by atoms with E-state index in [0.29, 0.717) is 44.7 Å². The largest absolute Gasteiger partial charge is 0.444 e. The zero-order valence-corrected chi connectivity index (χ0v) is 31.0. The van der Waals surface area contributed by atoms with Crippen molar-refractivity contribution in [2.75, 3.05) is 13.6 Å². The topological polar surface area (TPSA) is 138 Å². The van der Waals surface area contributed by atoms with Gasteiger partial charge in [-0.05, 0) is 55.0 Å². The number of halogens is 1. The Morgan fingerprint density at radius 1 is 0.880 bits per heavy atom. The predicted molar refractivity (Wildman–Crippen MR) is 199 cm³/mol. The molecule has 4 rings (SSSR count). The molecule has 2 aromatic heterocycles. The molecular formula is C36H46ClN7O4S2. The Bertz CT molecular complexity index is 1590. The third-order valence-corrected chi connectivity index (χ3v) is 10.1. The highest BCUT2D eigenvalue weighted by Crippen LogP contribution is 2.20. The van der Waals surface area contributed by atoms with E-state index in [0.717, 1.165) is 26.7 Å². The summed E-state index contributed by atoms with van der Waals surface area (Å²) >= 11 is 8.78. The molecule has 0 aliphatic rings. The van der Waals surface area contributed by atoms with Crippen LogP contribution in [0.15, 0.2) is 77.8 Å². The van der Waals surface area contributed by atoms with Crippen LogP contribution in [0.1, 0.15) is 65.7 Å². The Morgan fingerprint density at radius 2 is 1.52 bits per heavy atom. The van der Waals surface area contributed by atoms with Gasteiger partial charge in [0.1, 0.15) is 12.6 Å². The standard InChI is InChI=1S/C36H46ClN7O4S2/c1-25(2)34-41-30(23-49-34)21-44(3)35(46)43-32(16-17-39-37)33(45)40-28(18-26-10-6-4-7-11-26)14-15-29(19-27-12-8-5-9-13-27)42-36(47)48-22-31-20-38-24-50-31/h4-13,20,23-25,28-29,32,39H,14-19,21-22H2,1-3H3,(H,40,45)(H,42,47)(H,43,46)/t28-,29-,32+/m1/s1. The number of hydrogen-bond donors (Lipinski definition) is 4. The number of carbonyl (C=O) groups excluding carboxylic acids is 3. The minimum Gasteiger partial charge on any atom is -0.444 e. The second-order valence-corrected chi connectivity index (χ2v) is 14.5. The van der Waals surface area contributed by atoms with Gasteiger partial charge in [0.15, 0.2) is 0 Å². The van der Waals surface area contributed by atoms with Gasteiger partial charge in [-0.15, -0.1) is 22.7 Å². The van der Waals surface area contributed by atoms with Gasteiger partial charge in [-0.3, -0.25) is 9.78 Å². The Hall–Kier alpha value is -4.04. The maximum Gasteiger partial charge on any atom is 0.407 e. The van der Waals surface area contributed by atoms with Crippen molar-refractivity contribution in [2.24, 2.45) is 0 Å². The van der Waals surface area contributed by atoms with Crippen LogP contribution < -0.4 is 20.8 Å². The van der Waals surface area contributed by atoms with Crippen LogP contribution in [0.4, 0.5) is 9.59 Å². The SMILES string of the molecule is CC(C)c1nc(CN(C)C(=O)N[C@@H](CCNCl)C(=O)N[C@H](CC[C@H](Cc2ccccc2)NC(=O)OCc2cncs2)Cc2ccccc2)cs1. The third kappa shape index (κ3) is 13.3. The number of rotatable bonds is 19. The molecule has 0 radical (unpaired) electrons. The molecule has 4 amide bonds. The van der Waals surface area contributed by atoms with Crippen LogP contribution >= 0.6 is 34.5 Å². The van der Waals surface area contributed by atoms with Gasteiger partial charge < -0.3 is 25.6 Å². The van der Waals surface area contributed by atoms with E-state index in [1.807, 2.05) is 66.0 Å². The van der Waals surface area contributed by atoms with Gasteiger partial charge in [0.05, 0.1) is 27.6 Å². The van der Waals surface area contributed by atoms with E-state index in [4.69, 9.17) is 16.5 Å². The summed E-state index contributed by atoms with van der Waals surface area (Å²) in [5.74, 6) is -0.00729. The van der Waals surface area contributed by atoms with Gasteiger partial charge >= 0.3 is 12.1 Å². The second kappa shape index (κ2) is 20.6. The molecular weight excluding hydrogens is 694 g/mol. The number of urea groups is 1. The molecule has 4 N–H and O–H groups in total. The van der Waals surface area contributed by atoms with E-state index in [1.54, 1.807) is 30.1 Å². The number of alkyl carbamates (subject to hydrolysis) is 1. The fourth-order valence-corrected chi connectivity index (χ4v) is 6.75. The molecule has 268 valence electrons. The normalized spacial score (nSPS) is 12.9. The molecule has 0 aliphatic carbocycles. The molecule has 2 heterocycles. The molecule has 0 bridgehead atoms. The van der Waals surface area contributed by atoms with Crippen molar-refractivity contribution in [2.45, 2.75) is 83.1 Å². The second-order valence-electron chi connectivity index (χ2n) is 12.4. The molecule has 4 aromatic rings. The molecule has 0 spiro atoms. The molecule has 0 fully saturated rings. The monoisotopic (exact) mass is 739 g/mol. The number of hydrogen-bond acceptors (Lipinski definition) is 9. The lowest BCUT2D eigenvalue weighted by atomic mass is 9.95. The number of thiazole rings is 2. The Balaban J connectivity index is 1.43. The Morgan fingerprint density at radius 3 is 2.08 bits per heavy atom. The van der Waals surface area contributed by atoms with E-state index in [1.165, 1.54) is 16.2 Å². The molecule has 11 nitrogen and oxygen atoms in total. The maximum atomic E-state index is 13.8. The van der Waals surface area contributed by atoms with Crippen LogP contribution in [0.5, 0.6) is 0 Å². The molecule has 0 saturated heterocycles. The summed E-state index contributed by atoms with van der Waals surface area (Å²) in [6, 6.07) is 18.1. The van der Waals surface area contributed by atoms with Crippen LogP contribution in [-0.4, -0.2) is 64.6 Å². The Kier molecular flexibility index (Phi) is 16.0. The number of nitrogens with one attached hydrogen (secondary N) is 4. The summed E-state index contributed by atoms with van der Waals surface area (Å²) in [4.78, 5) is 53.6. The van der Waals surface area contributed by atoms with Gasteiger partial charge in [-0.1, -0.05) is 74.5 Å². The lowest BCUT2D eigenvalue weighted by molar-refractivity contribution is -0.123. The number of carbonyl (C=O) groups is 3. The van der Waals surface area contributed by atoms with Gasteiger partial charge in [0, 0.05) is 43.2 Å². The molecule has 50 heavy (non-hydrogen) atoms. The first-order valence-electron chi connectivity index (χ1n) is 16.7. The van der Waals surface area contributed by atoms with Crippen LogP contribution in [0.2, 0.25) is 0 Å². The number of ether oxygens (including phenoxy) is 1. The van der Waals surface area contributed by atoms with Crippen molar-refractivity contribution in [3.63, 3.8) is 0 Å². The first-order chi connectivity index (χ1) is 24.2. The molecule has 0 unspecified atom stereocenters. The zero-order chi connectivity index (χ0) is 35.7. The first-order valence-corrected chi connectivity index (χ1v) is 18.8. The van der Waals surface area contributed by atoms with Gasteiger partial charge in [-0.2, -0.15) is 0 Å². The quantitative estimate of drug-likeness (QED) is 0.0816. The van der Waals surface area contributed by atoms with Gasteiger partial charge in [0.2, 0.25) is 5.91 Å². The van der Waals surface area contributed by atoms with Crippen molar-refractivity contribution >= 4 is 52.5 Å². The number of nitrogens with zero attached hydrogens (tertiary/aromatic N) is 3. The number of aromatic nitrogens is 2. The molecule has 2 aromatic carbocycles. The smallest absolute Gasteiger partial charge is 0.407 e. The van der Waals surface area contributed by atoms with E-state index >= 15 is 0 Å². The summed E-state index contributed by atoms with van der Waals surface area (Å²) in [7, 11) is 1.68. The summed E-state index contributed by atoms with van der Waals surface area (Å²) in [6.45, 7) is 4.93. The lowest BCUT2D eigenvalue weighted by Gasteiger charge is -2.27. The van der Waals surface area contributed by atoms with E-state index in [-0.39, 0.29) is 37.0 Å². The van der Waals surface area contributed by atoms with Crippen molar-refractivity contribution in [1.29, 1.82) is 0 Å². The van der Waals surface area contributed by atoms with E-state index in [2.05, 4.69) is 44.6 Å². The molecule has 14 heteroatoms. The van der Waals surface area contributed by atoms with Gasteiger partial charge in [0.25, 0.3) is 0 Å². The summed E-state index contributed by atoms with van der Waals surface area (Å²) < 4.78 is 5.48. The highest BCUT2D eigenvalue weighted by atomic mass is 35.5. The Labute approximate surface area is 307 Å². The van der Waals surface area contributed by atoms with Crippen LogP contribution in [0.25, 0.3) is 0 Å². The molecule has 0 aliphatic heterocycles. The van der Waals surface area contributed by atoms with Crippen LogP contribution in [-0.2, 0) is 35.5 Å². The number of benzene rings is 2.